The molecule has 0 aliphatic rings. The van der Waals surface area contributed by atoms with Crippen LogP contribution in [0.25, 0.3) is 12.2 Å². The number of hydrogen-bond acceptors (Lipinski definition) is 2. The molecule has 0 atom stereocenters. The molecule has 0 aliphatic carbocycles. The van der Waals surface area contributed by atoms with Gasteiger partial charge in [0.25, 0.3) is 0 Å². The summed E-state index contributed by atoms with van der Waals surface area (Å²) >= 11 is 1.47. The van der Waals surface area contributed by atoms with Crippen LogP contribution in [0.4, 0.5) is 0 Å². The van der Waals surface area contributed by atoms with Crippen LogP contribution >= 0.6 is 11.3 Å². The van der Waals surface area contributed by atoms with E-state index in [1.807, 2.05) is 53.9 Å². The molecule has 2 heteroatoms. The Morgan fingerprint density at radius 1 is 1.00 bits per heavy atom. The third-order valence-electron chi connectivity index (χ3n) is 2.02. The van der Waals surface area contributed by atoms with E-state index in [2.05, 4.69) is 0 Å². The van der Waals surface area contributed by atoms with Gasteiger partial charge < -0.3 is 0 Å². The molecule has 1 aromatic heterocycles. The Hall–Kier alpha value is -1.67. The lowest BCUT2D eigenvalue weighted by molar-refractivity contribution is 0.112. The average Bonchev–Trinajstić information content (AvgIpc) is 2.76. The molecule has 0 radical (unpaired) electrons. The van der Waals surface area contributed by atoms with Crippen molar-refractivity contribution < 1.29 is 4.79 Å². The Morgan fingerprint density at radius 3 is 2.40 bits per heavy atom. The normalized spacial score (nSPS) is 10.7. The van der Waals surface area contributed by atoms with Gasteiger partial charge in [0.15, 0.2) is 6.29 Å². The molecule has 74 valence electrons. The number of carbonyl (C=O) groups excluding carboxylic acids is 1. The Morgan fingerprint density at radius 2 is 1.73 bits per heavy atom. The molecule has 15 heavy (non-hydrogen) atoms. The van der Waals surface area contributed by atoms with Gasteiger partial charge in [-0.05, 0) is 22.6 Å². The van der Waals surface area contributed by atoms with Gasteiger partial charge in [0.2, 0.25) is 0 Å². The summed E-state index contributed by atoms with van der Waals surface area (Å²) in [6, 6.07) is 12.0. The van der Waals surface area contributed by atoms with E-state index in [0.717, 1.165) is 22.3 Å². The zero-order chi connectivity index (χ0) is 10.5. The van der Waals surface area contributed by atoms with Crippen molar-refractivity contribution in [2.75, 3.05) is 0 Å². The number of benzene rings is 1. The number of rotatable bonds is 3. The minimum Gasteiger partial charge on any atom is -0.297 e. The number of thiophene rings is 1. The largest absolute Gasteiger partial charge is 0.297 e. The van der Waals surface area contributed by atoms with Crippen LogP contribution in [0.15, 0.2) is 41.8 Å². The van der Waals surface area contributed by atoms with Gasteiger partial charge in [-0.3, -0.25) is 4.79 Å². The third-order valence-corrected chi connectivity index (χ3v) is 2.90. The standard InChI is InChI=1S/C13H10OS/c14-9-13-8-12(10-15-13)7-6-11-4-2-1-3-5-11/h1-10H. The van der Waals surface area contributed by atoms with Crippen LogP contribution in [0.5, 0.6) is 0 Å². The van der Waals surface area contributed by atoms with Crippen LogP contribution in [0.3, 0.4) is 0 Å². The van der Waals surface area contributed by atoms with Crippen molar-refractivity contribution in [1.82, 2.24) is 0 Å². The number of hydrogen-bond donors (Lipinski definition) is 0. The molecule has 1 heterocycles. The van der Waals surface area contributed by atoms with E-state index in [4.69, 9.17) is 0 Å². The lowest BCUT2D eigenvalue weighted by atomic mass is 10.2. The molecule has 0 saturated heterocycles. The summed E-state index contributed by atoms with van der Waals surface area (Å²) < 4.78 is 0. The molecule has 2 aromatic rings. The molecule has 0 spiro atoms. The molecule has 0 amide bonds. The van der Waals surface area contributed by atoms with Crippen LogP contribution in [0.2, 0.25) is 0 Å². The zero-order valence-electron chi connectivity index (χ0n) is 8.09. The van der Waals surface area contributed by atoms with E-state index in [1.165, 1.54) is 11.3 Å². The van der Waals surface area contributed by atoms with E-state index in [-0.39, 0.29) is 0 Å². The molecule has 1 nitrogen and oxygen atoms in total. The first-order valence-corrected chi connectivity index (χ1v) is 5.53. The summed E-state index contributed by atoms with van der Waals surface area (Å²) in [5.74, 6) is 0. The molecule has 1 aromatic carbocycles. The Labute approximate surface area is 92.7 Å². The van der Waals surface area contributed by atoms with Crippen LogP contribution in [0, 0.1) is 0 Å². The first kappa shape index (κ1) is 9.87. The Balaban J connectivity index is 2.15. The SMILES string of the molecule is O=Cc1cc(C=Cc2ccccc2)cs1. The Kier molecular flexibility index (Phi) is 3.10. The minimum absolute atomic E-state index is 0.766. The second kappa shape index (κ2) is 4.71. The van der Waals surface area contributed by atoms with Crippen LogP contribution in [-0.4, -0.2) is 6.29 Å². The van der Waals surface area contributed by atoms with Gasteiger partial charge in [-0.1, -0.05) is 42.5 Å². The highest BCUT2D eigenvalue weighted by molar-refractivity contribution is 7.11. The zero-order valence-corrected chi connectivity index (χ0v) is 8.91. The predicted octanol–water partition coefficient (Wildman–Crippen LogP) is 3.73. The summed E-state index contributed by atoms with van der Waals surface area (Å²) in [6.45, 7) is 0. The van der Waals surface area contributed by atoms with Crippen LogP contribution in [-0.2, 0) is 0 Å². The molecule has 0 aliphatic heterocycles. The van der Waals surface area contributed by atoms with Gasteiger partial charge >= 0.3 is 0 Å². The summed E-state index contributed by atoms with van der Waals surface area (Å²) in [7, 11) is 0. The molecule has 0 fully saturated rings. The maximum atomic E-state index is 10.5. The van der Waals surface area contributed by atoms with Crippen LogP contribution < -0.4 is 0 Å². The smallest absolute Gasteiger partial charge is 0.160 e. The van der Waals surface area contributed by atoms with Crippen molar-refractivity contribution in [2.24, 2.45) is 0 Å². The highest BCUT2D eigenvalue weighted by Crippen LogP contribution is 2.15. The summed E-state index contributed by atoms with van der Waals surface area (Å²) in [4.78, 5) is 11.2. The topological polar surface area (TPSA) is 17.1 Å². The van der Waals surface area contributed by atoms with E-state index in [0.29, 0.717) is 0 Å². The second-order valence-electron chi connectivity index (χ2n) is 3.14. The van der Waals surface area contributed by atoms with Gasteiger partial charge in [-0.2, -0.15) is 0 Å². The van der Waals surface area contributed by atoms with E-state index in [9.17, 15) is 4.79 Å². The Bertz CT molecular complexity index is 468. The molecule has 0 N–H and O–H groups in total. The van der Waals surface area contributed by atoms with Crippen molar-refractivity contribution in [3.63, 3.8) is 0 Å². The predicted molar refractivity (Wildman–Crippen MR) is 65.1 cm³/mol. The van der Waals surface area contributed by atoms with E-state index >= 15 is 0 Å². The maximum Gasteiger partial charge on any atom is 0.160 e. The maximum absolute atomic E-state index is 10.5. The van der Waals surface area contributed by atoms with Crippen molar-refractivity contribution in [3.8, 4) is 0 Å². The monoisotopic (exact) mass is 214 g/mol. The number of aldehydes is 1. The highest BCUT2D eigenvalue weighted by Gasteiger charge is 1.94. The van der Waals surface area contributed by atoms with Gasteiger partial charge in [0, 0.05) is 0 Å². The molecular formula is C13H10OS. The minimum atomic E-state index is 0.766. The lowest BCUT2D eigenvalue weighted by Gasteiger charge is -1.89. The second-order valence-corrected chi connectivity index (χ2v) is 4.09. The van der Waals surface area contributed by atoms with Gasteiger partial charge in [-0.15, -0.1) is 11.3 Å². The quantitative estimate of drug-likeness (QED) is 0.711. The molecule has 0 unspecified atom stereocenters. The first-order chi connectivity index (χ1) is 7.38. The fourth-order valence-corrected chi connectivity index (χ4v) is 1.95. The van der Waals surface area contributed by atoms with E-state index < -0.39 is 0 Å². The average molecular weight is 214 g/mol. The first-order valence-electron chi connectivity index (χ1n) is 4.65. The number of carbonyl (C=O) groups is 1. The molecule has 0 saturated carbocycles. The van der Waals surface area contributed by atoms with Crippen LogP contribution in [0.1, 0.15) is 20.8 Å². The highest BCUT2D eigenvalue weighted by atomic mass is 32.1. The molecule has 0 bridgehead atoms. The fraction of sp³-hybridized carbons (Fsp3) is 0. The lowest BCUT2D eigenvalue weighted by Crippen LogP contribution is -1.69. The van der Waals surface area contributed by atoms with Gasteiger partial charge in [0.1, 0.15) is 0 Å². The van der Waals surface area contributed by atoms with Crippen molar-refractivity contribution in [3.05, 3.63) is 57.8 Å². The van der Waals surface area contributed by atoms with Crippen molar-refractivity contribution in [2.45, 2.75) is 0 Å². The van der Waals surface area contributed by atoms with Crippen molar-refractivity contribution >= 4 is 29.8 Å². The summed E-state index contributed by atoms with van der Waals surface area (Å²) in [5, 5.41) is 1.98. The van der Waals surface area contributed by atoms with Gasteiger partial charge in [0.05, 0.1) is 4.88 Å². The fourth-order valence-electron chi connectivity index (χ4n) is 1.27. The molecular weight excluding hydrogens is 204 g/mol. The van der Waals surface area contributed by atoms with Crippen molar-refractivity contribution in [1.29, 1.82) is 0 Å². The van der Waals surface area contributed by atoms with E-state index in [1.54, 1.807) is 0 Å². The summed E-state index contributed by atoms with van der Waals surface area (Å²) in [5.41, 5.74) is 2.24. The van der Waals surface area contributed by atoms with Gasteiger partial charge in [-0.25, -0.2) is 0 Å². The summed E-state index contributed by atoms with van der Waals surface area (Å²) in [6.07, 6.45) is 4.93. The molecule has 2 rings (SSSR count). The third kappa shape index (κ3) is 2.64.